The quantitative estimate of drug-likeness (QED) is 0.913. The molecule has 23 heavy (non-hydrogen) atoms. The number of nitrogens with one attached hydrogen (secondary N) is 1. The molecule has 0 spiro atoms. The largest absolute Gasteiger partial charge is 0.481 e. The Morgan fingerprint density at radius 1 is 1.26 bits per heavy atom. The van der Waals surface area contributed by atoms with Gasteiger partial charge in [0.1, 0.15) is 5.75 Å². The molecule has 2 aromatic rings. The Kier molecular flexibility index (Phi) is 5.37. The molecule has 0 aromatic heterocycles. The standard InChI is InChI=1S/C19H20N2O2/c1-4-16-7-5-6-13(2)18(16)21-19(22)14(3)23-17-10-8-15(12-20)9-11-17/h5-11,14H,4H2,1-3H3,(H,21,22)/t14-/m0/s1. The van der Waals surface area contributed by atoms with Crippen molar-refractivity contribution in [2.45, 2.75) is 33.3 Å². The predicted molar refractivity (Wildman–Crippen MR) is 90.4 cm³/mol. The van der Waals surface area contributed by atoms with Crippen molar-refractivity contribution >= 4 is 11.6 Å². The molecule has 2 aromatic carbocycles. The summed E-state index contributed by atoms with van der Waals surface area (Å²) in [5.41, 5.74) is 3.55. The van der Waals surface area contributed by atoms with E-state index >= 15 is 0 Å². The lowest BCUT2D eigenvalue weighted by molar-refractivity contribution is -0.122. The molecule has 0 heterocycles. The SMILES string of the molecule is CCc1cccc(C)c1NC(=O)[C@H](C)Oc1ccc(C#N)cc1. The zero-order valence-corrected chi connectivity index (χ0v) is 13.6. The fourth-order valence-corrected chi connectivity index (χ4v) is 2.29. The van der Waals surface area contributed by atoms with Gasteiger partial charge in [-0.15, -0.1) is 0 Å². The average molecular weight is 308 g/mol. The molecule has 118 valence electrons. The molecule has 0 bridgehead atoms. The van der Waals surface area contributed by atoms with E-state index in [0.29, 0.717) is 11.3 Å². The predicted octanol–water partition coefficient (Wildman–Crippen LogP) is 3.84. The van der Waals surface area contributed by atoms with Gasteiger partial charge in [0.05, 0.1) is 11.6 Å². The average Bonchev–Trinajstić information content (AvgIpc) is 2.57. The van der Waals surface area contributed by atoms with Gasteiger partial charge in [0.15, 0.2) is 6.10 Å². The van der Waals surface area contributed by atoms with Crippen molar-refractivity contribution in [3.8, 4) is 11.8 Å². The van der Waals surface area contributed by atoms with Crippen molar-refractivity contribution in [1.29, 1.82) is 5.26 Å². The van der Waals surface area contributed by atoms with Crippen LogP contribution in [0.2, 0.25) is 0 Å². The van der Waals surface area contributed by atoms with Gasteiger partial charge in [-0.2, -0.15) is 5.26 Å². The van der Waals surface area contributed by atoms with Gasteiger partial charge in [0.25, 0.3) is 5.91 Å². The third-order valence-corrected chi connectivity index (χ3v) is 3.65. The number of hydrogen-bond acceptors (Lipinski definition) is 3. The van der Waals surface area contributed by atoms with Crippen LogP contribution in [0, 0.1) is 18.3 Å². The highest BCUT2D eigenvalue weighted by molar-refractivity contribution is 5.95. The zero-order valence-electron chi connectivity index (χ0n) is 13.6. The van der Waals surface area contributed by atoms with Crippen molar-refractivity contribution in [3.63, 3.8) is 0 Å². The van der Waals surface area contributed by atoms with E-state index in [1.54, 1.807) is 31.2 Å². The molecule has 0 fully saturated rings. The highest BCUT2D eigenvalue weighted by atomic mass is 16.5. The minimum Gasteiger partial charge on any atom is -0.481 e. The molecule has 0 aliphatic heterocycles. The zero-order chi connectivity index (χ0) is 16.8. The first-order valence-corrected chi connectivity index (χ1v) is 7.61. The summed E-state index contributed by atoms with van der Waals surface area (Å²) in [6.07, 6.45) is 0.217. The number of para-hydroxylation sites is 1. The molecule has 0 radical (unpaired) electrons. The highest BCUT2D eigenvalue weighted by Gasteiger charge is 2.17. The monoisotopic (exact) mass is 308 g/mol. The van der Waals surface area contributed by atoms with E-state index in [4.69, 9.17) is 10.00 Å². The normalized spacial score (nSPS) is 11.4. The highest BCUT2D eigenvalue weighted by Crippen LogP contribution is 2.22. The van der Waals surface area contributed by atoms with E-state index in [1.165, 1.54) is 0 Å². The minimum atomic E-state index is -0.632. The summed E-state index contributed by atoms with van der Waals surface area (Å²) in [6, 6.07) is 14.7. The lowest BCUT2D eigenvalue weighted by Gasteiger charge is -2.17. The van der Waals surface area contributed by atoms with Gasteiger partial charge < -0.3 is 10.1 Å². The number of carbonyl (C=O) groups is 1. The van der Waals surface area contributed by atoms with E-state index in [-0.39, 0.29) is 5.91 Å². The molecule has 4 nitrogen and oxygen atoms in total. The number of nitriles is 1. The minimum absolute atomic E-state index is 0.196. The third kappa shape index (κ3) is 4.10. The number of anilines is 1. The van der Waals surface area contributed by atoms with Gasteiger partial charge in [-0.3, -0.25) is 4.79 Å². The smallest absolute Gasteiger partial charge is 0.265 e. The number of benzene rings is 2. The fraction of sp³-hybridized carbons (Fsp3) is 0.263. The van der Waals surface area contributed by atoms with Crippen molar-refractivity contribution < 1.29 is 9.53 Å². The fourth-order valence-electron chi connectivity index (χ4n) is 2.29. The van der Waals surface area contributed by atoms with Crippen LogP contribution in [0.5, 0.6) is 5.75 Å². The second-order valence-electron chi connectivity index (χ2n) is 5.35. The number of nitrogens with zero attached hydrogens (tertiary/aromatic N) is 1. The third-order valence-electron chi connectivity index (χ3n) is 3.65. The van der Waals surface area contributed by atoms with Crippen LogP contribution in [0.3, 0.4) is 0 Å². The number of rotatable bonds is 5. The summed E-state index contributed by atoms with van der Waals surface area (Å²) in [5.74, 6) is 0.366. The summed E-state index contributed by atoms with van der Waals surface area (Å²) in [7, 11) is 0. The van der Waals surface area contributed by atoms with Crippen molar-refractivity contribution in [1.82, 2.24) is 0 Å². The number of aryl methyl sites for hydroxylation is 2. The van der Waals surface area contributed by atoms with Gasteiger partial charge in [0.2, 0.25) is 0 Å². The van der Waals surface area contributed by atoms with Crippen LogP contribution < -0.4 is 10.1 Å². The topological polar surface area (TPSA) is 62.1 Å². The van der Waals surface area contributed by atoms with Crippen LogP contribution in [0.4, 0.5) is 5.69 Å². The first-order valence-electron chi connectivity index (χ1n) is 7.61. The lowest BCUT2D eigenvalue weighted by Crippen LogP contribution is -2.30. The molecule has 1 amide bonds. The van der Waals surface area contributed by atoms with E-state index in [9.17, 15) is 4.79 Å². The maximum atomic E-state index is 12.4. The molecule has 0 saturated carbocycles. The number of amides is 1. The number of carbonyl (C=O) groups excluding carboxylic acids is 1. The van der Waals surface area contributed by atoms with E-state index in [0.717, 1.165) is 23.2 Å². The Labute approximate surface area is 136 Å². The maximum Gasteiger partial charge on any atom is 0.265 e. The number of ether oxygens (including phenoxy) is 1. The second-order valence-corrected chi connectivity index (χ2v) is 5.35. The second kappa shape index (κ2) is 7.46. The Morgan fingerprint density at radius 2 is 1.96 bits per heavy atom. The molecular formula is C19H20N2O2. The lowest BCUT2D eigenvalue weighted by atomic mass is 10.1. The van der Waals surface area contributed by atoms with Crippen LogP contribution in [0.15, 0.2) is 42.5 Å². The first kappa shape index (κ1) is 16.6. The molecular weight excluding hydrogens is 288 g/mol. The molecule has 2 rings (SSSR count). The molecule has 0 unspecified atom stereocenters. The van der Waals surface area contributed by atoms with Crippen LogP contribution in [-0.2, 0) is 11.2 Å². The van der Waals surface area contributed by atoms with Crippen LogP contribution in [-0.4, -0.2) is 12.0 Å². The van der Waals surface area contributed by atoms with Crippen molar-refractivity contribution in [3.05, 3.63) is 59.2 Å². The van der Waals surface area contributed by atoms with Gasteiger partial charge in [-0.25, -0.2) is 0 Å². The van der Waals surface area contributed by atoms with Gasteiger partial charge in [-0.1, -0.05) is 25.1 Å². The van der Waals surface area contributed by atoms with Crippen LogP contribution in [0.1, 0.15) is 30.5 Å². The van der Waals surface area contributed by atoms with Crippen LogP contribution >= 0.6 is 0 Å². The van der Waals surface area contributed by atoms with Gasteiger partial charge >= 0.3 is 0 Å². The maximum absolute atomic E-state index is 12.4. The Morgan fingerprint density at radius 3 is 2.57 bits per heavy atom. The Hall–Kier alpha value is -2.80. The van der Waals surface area contributed by atoms with Crippen molar-refractivity contribution in [2.24, 2.45) is 0 Å². The Balaban J connectivity index is 2.07. The molecule has 0 aliphatic carbocycles. The van der Waals surface area contributed by atoms with Crippen molar-refractivity contribution in [2.75, 3.05) is 5.32 Å². The molecule has 1 N–H and O–H groups in total. The van der Waals surface area contributed by atoms with E-state index in [1.807, 2.05) is 31.2 Å². The van der Waals surface area contributed by atoms with Crippen LogP contribution in [0.25, 0.3) is 0 Å². The van der Waals surface area contributed by atoms with E-state index in [2.05, 4.69) is 12.2 Å². The van der Waals surface area contributed by atoms with E-state index < -0.39 is 6.10 Å². The molecule has 1 atom stereocenters. The summed E-state index contributed by atoms with van der Waals surface area (Å²) < 4.78 is 5.64. The first-order chi connectivity index (χ1) is 11.0. The Bertz CT molecular complexity index is 730. The molecule has 0 aliphatic rings. The van der Waals surface area contributed by atoms with Gasteiger partial charge in [0, 0.05) is 5.69 Å². The summed E-state index contributed by atoms with van der Waals surface area (Å²) in [4.78, 5) is 12.4. The summed E-state index contributed by atoms with van der Waals surface area (Å²) in [5, 5.41) is 11.7. The summed E-state index contributed by atoms with van der Waals surface area (Å²) >= 11 is 0. The number of hydrogen-bond donors (Lipinski definition) is 1. The molecule has 0 saturated heterocycles. The summed E-state index contributed by atoms with van der Waals surface area (Å²) in [6.45, 7) is 5.74. The molecule has 4 heteroatoms. The van der Waals surface area contributed by atoms with Gasteiger partial charge in [-0.05, 0) is 55.7 Å².